The van der Waals surface area contributed by atoms with E-state index in [0.717, 1.165) is 12.8 Å². The fourth-order valence-corrected chi connectivity index (χ4v) is 3.96. The van der Waals surface area contributed by atoms with Gasteiger partial charge < -0.3 is 0 Å². The van der Waals surface area contributed by atoms with Gasteiger partial charge in [0.25, 0.3) is 0 Å². The Kier molecular flexibility index (Phi) is 3.93. The number of benzene rings is 1. The van der Waals surface area contributed by atoms with Crippen molar-refractivity contribution in [2.45, 2.75) is 43.8 Å². The predicted molar refractivity (Wildman–Crippen MR) is 73.4 cm³/mol. The van der Waals surface area contributed by atoms with E-state index in [9.17, 15) is 4.79 Å². The first-order valence-corrected chi connectivity index (χ1v) is 7.21. The first kappa shape index (κ1) is 12.7. The second kappa shape index (κ2) is 5.26. The smallest absolute Gasteiger partial charge is 0.133 e. The van der Waals surface area contributed by atoms with Crippen LogP contribution < -0.4 is 0 Å². The van der Waals surface area contributed by atoms with Crippen LogP contribution in [0, 0.1) is 11.8 Å². The van der Waals surface area contributed by atoms with Crippen LogP contribution in [0.2, 0.25) is 0 Å². The lowest BCUT2D eigenvalue weighted by molar-refractivity contribution is -0.122. The lowest BCUT2D eigenvalue weighted by Crippen LogP contribution is -2.22. The first-order chi connectivity index (χ1) is 8.08. The Hall–Kier alpha value is -0.760. The van der Waals surface area contributed by atoms with Gasteiger partial charge in [0.1, 0.15) is 5.78 Å². The molecule has 2 atom stereocenters. The number of thioether (sulfide) groups is 1. The van der Waals surface area contributed by atoms with Crippen molar-refractivity contribution in [1.29, 1.82) is 0 Å². The van der Waals surface area contributed by atoms with Gasteiger partial charge in [0.15, 0.2) is 0 Å². The summed E-state index contributed by atoms with van der Waals surface area (Å²) in [5.41, 5.74) is 1.45. The minimum absolute atomic E-state index is 0.224. The van der Waals surface area contributed by atoms with E-state index in [2.05, 4.69) is 38.1 Å². The molecule has 1 aromatic rings. The molecule has 0 N–H and O–H groups in total. The van der Waals surface area contributed by atoms with E-state index in [-0.39, 0.29) is 5.92 Å². The van der Waals surface area contributed by atoms with Crippen LogP contribution in [0.15, 0.2) is 29.2 Å². The molecule has 0 saturated heterocycles. The second-order valence-corrected chi connectivity index (χ2v) is 6.59. The fraction of sp³-hybridized carbons (Fsp3) is 0.533. The van der Waals surface area contributed by atoms with E-state index in [1.807, 2.05) is 11.8 Å². The van der Waals surface area contributed by atoms with Gasteiger partial charge in [-0.1, -0.05) is 32.0 Å². The Labute approximate surface area is 108 Å². The van der Waals surface area contributed by atoms with E-state index in [4.69, 9.17) is 0 Å². The van der Waals surface area contributed by atoms with Crippen LogP contribution in [0.4, 0.5) is 0 Å². The number of hydrogen-bond acceptors (Lipinski definition) is 2. The summed E-state index contributed by atoms with van der Waals surface area (Å²) in [6.07, 6.45) is 2.14. The highest BCUT2D eigenvalue weighted by molar-refractivity contribution is 8.00. The van der Waals surface area contributed by atoms with E-state index < -0.39 is 0 Å². The normalized spacial score (nSPS) is 20.4. The molecule has 0 bridgehead atoms. The molecule has 0 aromatic heterocycles. The van der Waals surface area contributed by atoms with Gasteiger partial charge in [-0.25, -0.2) is 0 Å². The van der Waals surface area contributed by atoms with E-state index in [1.165, 1.54) is 10.5 Å². The summed E-state index contributed by atoms with van der Waals surface area (Å²) in [6, 6.07) is 8.60. The first-order valence-electron chi connectivity index (χ1n) is 6.33. The number of hydrogen-bond donors (Lipinski definition) is 0. The zero-order valence-corrected chi connectivity index (χ0v) is 11.6. The van der Waals surface area contributed by atoms with Crippen molar-refractivity contribution in [2.24, 2.45) is 11.8 Å². The number of carbonyl (C=O) groups excluding carboxylic acids is 1. The van der Waals surface area contributed by atoms with Crippen molar-refractivity contribution in [1.82, 2.24) is 0 Å². The third-order valence-corrected chi connectivity index (χ3v) is 4.90. The van der Waals surface area contributed by atoms with Crippen molar-refractivity contribution in [3.63, 3.8) is 0 Å². The number of fused-ring (bicyclic) bond motifs is 1. The predicted octanol–water partition coefficient (Wildman–Crippen LogP) is 3.95. The molecular weight excluding hydrogens is 228 g/mol. The fourth-order valence-electron chi connectivity index (χ4n) is 2.58. The van der Waals surface area contributed by atoms with Gasteiger partial charge in [-0.15, -0.1) is 11.8 Å². The number of rotatable bonds is 4. The van der Waals surface area contributed by atoms with Gasteiger partial charge in [-0.05, 0) is 37.3 Å². The Morgan fingerprint density at radius 2 is 2.12 bits per heavy atom. The van der Waals surface area contributed by atoms with Crippen LogP contribution >= 0.6 is 11.8 Å². The largest absolute Gasteiger partial charge is 0.300 e. The standard InChI is InChI=1S/C15H20OS/c1-10(2)14(11(3)16)9-13-8-12-6-4-5-7-15(12)17-13/h4-7,10,13-14H,8-9H2,1-3H3. The summed E-state index contributed by atoms with van der Waals surface area (Å²) in [4.78, 5) is 13.0. The third-order valence-electron chi connectivity index (χ3n) is 3.56. The van der Waals surface area contributed by atoms with Gasteiger partial charge in [-0.2, -0.15) is 0 Å². The Balaban J connectivity index is 2.01. The quantitative estimate of drug-likeness (QED) is 0.802. The zero-order chi connectivity index (χ0) is 12.4. The molecule has 2 heteroatoms. The summed E-state index contributed by atoms with van der Waals surface area (Å²) >= 11 is 1.95. The molecule has 17 heavy (non-hydrogen) atoms. The van der Waals surface area contributed by atoms with Crippen molar-refractivity contribution in [3.05, 3.63) is 29.8 Å². The van der Waals surface area contributed by atoms with Crippen LogP contribution in [0.1, 0.15) is 32.8 Å². The van der Waals surface area contributed by atoms with Crippen molar-refractivity contribution >= 4 is 17.5 Å². The SMILES string of the molecule is CC(=O)C(CC1Cc2ccccc2S1)C(C)C. The summed E-state index contributed by atoms with van der Waals surface area (Å²) in [5, 5.41) is 0.587. The zero-order valence-electron chi connectivity index (χ0n) is 10.8. The average molecular weight is 248 g/mol. The highest BCUT2D eigenvalue weighted by atomic mass is 32.2. The minimum atomic E-state index is 0.224. The van der Waals surface area contributed by atoms with Gasteiger partial charge in [0.2, 0.25) is 0 Å². The molecule has 0 radical (unpaired) electrons. The van der Waals surface area contributed by atoms with Crippen LogP contribution in [-0.4, -0.2) is 11.0 Å². The number of Topliss-reactive ketones (excluding diaryl/α,β-unsaturated/α-hetero) is 1. The molecule has 1 nitrogen and oxygen atoms in total. The molecule has 0 saturated carbocycles. The molecule has 1 aliphatic heterocycles. The molecular formula is C15H20OS. The molecule has 1 aromatic carbocycles. The molecule has 0 amide bonds. The molecule has 1 aliphatic rings. The maximum Gasteiger partial charge on any atom is 0.133 e. The molecule has 2 rings (SSSR count). The lowest BCUT2D eigenvalue weighted by atomic mass is 9.87. The van der Waals surface area contributed by atoms with Crippen LogP contribution in [0.3, 0.4) is 0 Å². The van der Waals surface area contributed by atoms with Crippen molar-refractivity contribution < 1.29 is 4.79 Å². The Morgan fingerprint density at radius 1 is 1.41 bits per heavy atom. The summed E-state index contributed by atoms with van der Waals surface area (Å²) < 4.78 is 0. The summed E-state index contributed by atoms with van der Waals surface area (Å²) in [5.74, 6) is 1.02. The molecule has 2 unspecified atom stereocenters. The molecule has 92 valence electrons. The minimum Gasteiger partial charge on any atom is -0.300 e. The second-order valence-electron chi connectivity index (χ2n) is 5.25. The van der Waals surface area contributed by atoms with Crippen molar-refractivity contribution in [2.75, 3.05) is 0 Å². The van der Waals surface area contributed by atoms with E-state index in [0.29, 0.717) is 17.0 Å². The monoisotopic (exact) mass is 248 g/mol. The molecule has 0 spiro atoms. The Bertz CT molecular complexity index is 386. The van der Waals surface area contributed by atoms with E-state index >= 15 is 0 Å². The van der Waals surface area contributed by atoms with Gasteiger partial charge in [-0.3, -0.25) is 4.79 Å². The highest BCUT2D eigenvalue weighted by Crippen LogP contribution is 2.40. The van der Waals surface area contributed by atoms with E-state index in [1.54, 1.807) is 6.92 Å². The van der Waals surface area contributed by atoms with Crippen LogP contribution in [-0.2, 0) is 11.2 Å². The summed E-state index contributed by atoms with van der Waals surface area (Å²) in [6.45, 7) is 6.04. The van der Waals surface area contributed by atoms with Crippen LogP contribution in [0.5, 0.6) is 0 Å². The number of ketones is 1. The third kappa shape index (κ3) is 2.92. The lowest BCUT2D eigenvalue weighted by Gasteiger charge is -2.20. The van der Waals surface area contributed by atoms with Gasteiger partial charge >= 0.3 is 0 Å². The van der Waals surface area contributed by atoms with Gasteiger partial charge in [0.05, 0.1) is 0 Å². The maximum atomic E-state index is 11.6. The molecule has 1 heterocycles. The molecule has 0 fully saturated rings. The van der Waals surface area contributed by atoms with Crippen LogP contribution in [0.25, 0.3) is 0 Å². The maximum absolute atomic E-state index is 11.6. The van der Waals surface area contributed by atoms with Crippen molar-refractivity contribution in [3.8, 4) is 0 Å². The van der Waals surface area contributed by atoms with Gasteiger partial charge in [0, 0.05) is 16.1 Å². The average Bonchev–Trinajstić information content (AvgIpc) is 2.67. The Morgan fingerprint density at radius 3 is 2.71 bits per heavy atom. The summed E-state index contributed by atoms with van der Waals surface area (Å²) in [7, 11) is 0. The molecule has 0 aliphatic carbocycles. The highest BCUT2D eigenvalue weighted by Gasteiger charge is 2.28. The topological polar surface area (TPSA) is 17.1 Å². The number of carbonyl (C=O) groups is 1.